The minimum Gasteiger partial charge on any atom is -0.451 e. The van der Waals surface area contributed by atoms with Gasteiger partial charge in [-0.15, -0.1) is 0 Å². The average molecular weight is 389 g/mol. The third-order valence-electron chi connectivity index (χ3n) is 3.17. The lowest BCUT2D eigenvalue weighted by molar-refractivity contribution is -0.159. The zero-order chi connectivity index (χ0) is 20.1. The minimum atomic E-state index is -4.33. The van der Waals surface area contributed by atoms with E-state index < -0.39 is 56.7 Å². The van der Waals surface area contributed by atoms with Crippen LogP contribution in [-0.2, 0) is 24.3 Å². The Kier molecular flexibility index (Phi) is 7.21. The molecule has 0 spiro atoms. The summed E-state index contributed by atoms with van der Waals surface area (Å²) in [6, 6.07) is 2.10. The molecule has 0 heterocycles. The molecule has 3 amide bonds. The summed E-state index contributed by atoms with van der Waals surface area (Å²) in [6.07, 6.45) is -1.37. The lowest BCUT2D eigenvalue weighted by Gasteiger charge is -2.22. The highest BCUT2D eigenvalue weighted by Crippen LogP contribution is 2.14. The Labute approximate surface area is 150 Å². The van der Waals surface area contributed by atoms with E-state index in [0.717, 1.165) is 12.1 Å². The number of nitrogens with one attached hydrogen (secondary N) is 2. The average Bonchev–Trinajstić information content (AvgIpc) is 2.50. The van der Waals surface area contributed by atoms with Gasteiger partial charge in [-0.1, -0.05) is 26.0 Å². The molecular weight excluding hydrogens is 369 g/mol. The highest BCUT2D eigenvalue weighted by Gasteiger charge is 2.31. The second-order valence-corrected chi connectivity index (χ2v) is 7.41. The second-order valence-electron chi connectivity index (χ2n) is 5.73. The molecule has 0 saturated carbocycles. The van der Waals surface area contributed by atoms with Crippen LogP contribution >= 0.6 is 0 Å². The van der Waals surface area contributed by atoms with Crippen LogP contribution < -0.4 is 15.8 Å². The van der Waals surface area contributed by atoms with Crippen molar-refractivity contribution in [3.8, 4) is 0 Å². The summed E-state index contributed by atoms with van der Waals surface area (Å²) < 4.78 is 44.9. The highest BCUT2D eigenvalue weighted by atomic mass is 32.2. The molecule has 0 bridgehead atoms. The maximum absolute atomic E-state index is 13.6. The standard InChI is InChI=1S/C15H20FN3O6S/c1-8(2)12(13(20)18-15(17)22)25-14(21)9(3)19-26(23,24)11-7-5-4-6-10(11)16/h4-9,12,19H,1-3H3,(H3,17,18,20,22)/t9-,12-/m0/s1. The first-order chi connectivity index (χ1) is 12.0. The number of hydrogen-bond acceptors (Lipinski definition) is 6. The van der Waals surface area contributed by atoms with Gasteiger partial charge in [0.1, 0.15) is 16.8 Å². The van der Waals surface area contributed by atoms with Gasteiger partial charge < -0.3 is 10.5 Å². The SMILES string of the molecule is CC(C)[C@H](OC(=O)[C@H](C)NS(=O)(=O)c1ccccc1F)C(=O)NC(N)=O. The molecule has 144 valence electrons. The van der Waals surface area contributed by atoms with Gasteiger partial charge in [0.25, 0.3) is 5.91 Å². The van der Waals surface area contributed by atoms with Gasteiger partial charge in [0.2, 0.25) is 10.0 Å². The summed E-state index contributed by atoms with van der Waals surface area (Å²) in [7, 11) is -4.33. The smallest absolute Gasteiger partial charge is 0.324 e. The monoisotopic (exact) mass is 389 g/mol. The number of carbonyl (C=O) groups is 3. The van der Waals surface area contributed by atoms with E-state index in [2.05, 4.69) is 0 Å². The number of hydrogen-bond donors (Lipinski definition) is 3. The molecule has 0 unspecified atom stereocenters. The number of halogens is 1. The number of esters is 1. The van der Waals surface area contributed by atoms with Gasteiger partial charge in [0.15, 0.2) is 6.10 Å². The molecule has 9 nitrogen and oxygen atoms in total. The predicted molar refractivity (Wildman–Crippen MR) is 88.6 cm³/mol. The van der Waals surface area contributed by atoms with Crippen LogP contribution in [0.1, 0.15) is 20.8 Å². The molecule has 0 fully saturated rings. The number of primary amides is 1. The van der Waals surface area contributed by atoms with Crippen LogP contribution in [-0.4, -0.2) is 38.5 Å². The fourth-order valence-electron chi connectivity index (χ4n) is 1.92. The fourth-order valence-corrected chi connectivity index (χ4v) is 3.19. The van der Waals surface area contributed by atoms with E-state index in [0.29, 0.717) is 0 Å². The van der Waals surface area contributed by atoms with E-state index in [4.69, 9.17) is 10.5 Å². The van der Waals surface area contributed by atoms with Crippen molar-refractivity contribution in [1.29, 1.82) is 0 Å². The van der Waals surface area contributed by atoms with Crippen molar-refractivity contribution in [1.82, 2.24) is 10.0 Å². The predicted octanol–water partition coefficient (Wildman–Crippen LogP) is 0.255. The van der Waals surface area contributed by atoms with Crippen molar-refractivity contribution in [2.45, 2.75) is 37.8 Å². The first-order valence-electron chi connectivity index (χ1n) is 7.53. The Morgan fingerprint density at radius 1 is 1.15 bits per heavy atom. The van der Waals surface area contributed by atoms with Crippen molar-refractivity contribution in [2.75, 3.05) is 0 Å². The molecule has 1 rings (SSSR count). The maximum Gasteiger partial charge on any atom is 0.324 e. The quantitative estimate of drug-likeness (QED) is 0.570. The normalized spacial score (nSPS) is 13.7. The molecule has 11 heteroatoms. The number of carbonyl (C=O) groups excluding carboxylic acids is 3. The number of nitrogens with two attached hydrogens (primary N) is 1. The Morgan fingerprint density at radius 2 is 1.73 bits per heavy atom. The summed E-state index contributed by atoms with van der Waals surface area (Å²) in [4.78, 5) is 34.1. The van der Waals surface area contributed by atoms with Crippen LogP contribution in [0.5, 0.6) is 0 Å². The summed E-state index contributed by atoms with van der Waals surface area (Å²) >= 11 is 0. The van der Waals surface area contributed by atoms with Crippen LogP contribution in [0.3, 0.4) is 0 Å². The van der Waals surface area contributed by atoms with Crippen LogP contribution in [0.4, 0.5) is 9.18 Å². The number of rotatable bonds is 7. The summed E-state index contributed by atoms with van der Waals surface area (Å²) in [5, 5.41) is 1.78. The number of benzene rings is 1. The molecule has 4 N–H and O–H groups in total. The lowest BCUT2D eigenvalue weighted by atomic mass is 10.1. The molecule has 0 radical (unpaired) electrons. The molecule has 1 aromatic rings. The van der Waals surface area contributed by atoms with Gasteiger partial charge in [-0.2, -0.15) is 4.72 Å². The number of amides is 3. The first-order valence-corrected chi connectivity index (χ1v) is 9.01. The van der Waals surface area contributed by atoms with E-state index in [1.54, 1.807) is 19.2 Å². The molecular formula is C15H20FN3O6S. The Balaban J connectivity index is 2.87. The molecule has 2 atom stereocenters. The Morgan fingerprint density at radius 3 is 2.23 bits per heavy atom. The number of imide groups is 1. The minimum absolute atomic E-state index is 0.520. The molecule has 0 aliphatic carbocycles. The van der Waals surface area contributed by atoms with Gasteiger partial charge in [0.05, 0.1) is 0 Å². The fraction of sp³-hybridized carbons (Fsp3) is 0.400. The van der Waals surface area contributed by atoms with Crippen LogP contribution in [0.25, 0.3) is 0 Å². The molecule has 0 aliphatic heterocycles. The van der Waals surface area contributed by atoms with Gasteiger partial charge in [-0.25, -0.2) is 17.6 Å². The summed E-state index contributed by atoms with van der Waals surface area (Å²) in [6.45, 7) is 4.27. The molecule has 0 saturated heterocycles. The van der Waals surface area contributed by atoms with Gasteiger partial charge in [-0.3, -0.25) is 14.9 Å². The number of sulfonamides is 1. The molecule has 26 heavy (non-hydrogen) atoms. The van der Waals surface area contributed by atoms with Crippen LogP contribution in [0, 0.1) is 11.7 Å². The number of ether oxygens (including phenoxy) is 1. The van der Waals surface area contributed by atoms with E-state index in [-0.39, 0.29) is 0 Å². The van der Waals surface area contributed by atoms with Crippen LogP contribution in [0.15, 0.2) is 29.2 Å². The van der Waals surface area contributed by atoms with Crippen molar-refractivity contribution in [3.05, 3.63) is 30.1 Å². The third-order valence-corrected chi connectivity index (χ3v) is 4.74. The van der Waals surface area contributed by atoms with E-state index in [1.165, 1.54) is 19.1 Å². The van der Waals surface area contributed by atoms with E-state index >= 15 is 0 Å². The molecule has 0 aliphatic rings. The highest BCUT2D eigenvalue weighted by molar-refractivity contribution is 7.89. The summed E-state index contributed by atoms with van der Waals surface area (Å²) in [5.74, 6) is -3.52. The lowest BCUT2D eigenvalue weighted by Crippen LogP contribution is -2.48. The molecule has 1 aromatic carbocycles. The Bertz CT molecular complexity index is 796. The third kappa shape index (κ3) is 5.77. The summed E-state index contributed by atoms with van der Waals surface area (Å²) in [5.41, 5.74) is 4.85. The van der Waals surface area contributed by atoms with Crippen molar-refractivity contribution in [2.24, 2.45) is 11.7 Å². The van der Waals surface area contributed by atoms with Crippen LogP contribution in [0.2, 0.25) is 0 Å². The van der Waals surface area contributed by atoms with E-state index in [9.17, 15) is 27.2 Å². The van der Waals surface area contributed by atoms with Crippen molar-refractivity contribution >= 4 is 27.9 Å². The van der Waals surface area contributed by atoms with E-state index in [1.807, 2.05) is 4.72 Å². The van der Waals surface area contributed by atoms with Crippen molar-refractivity contribution < 1.29 is 31.9 Å². The second kappa shape index (κ2) is 8.72. The zero-order valence-corrected chi connectivity index (χ0v) is 15.2. The largest absolute Gasteiger partial charge is 0.451 e. The number of urea groups is 1. The van der Waals surface area contributed by atoms with Crippen molar-refractivity contribution in [3.63, 3.8) is 0 Å². The first kappa shape index (κ1) is 21.5. The van der Waals surface area contributed by atoms with Gasteiger partial charge >= 0.3 is 12.0 Å². The van der Waals surface area contributed by atoms with Gasteiger partial charge in [0, 0.05) is 0 Å². The van der Waals surface area contributed by atoms with Gasteiger partial charge in [-0.05, 0) is 25.0 Å². The molecule has 0 aromatic heterocycles. The Hall–Kier alpha value is -2.53. The zero-order valence-electron chi connectivity index (χ0n) is 14.4. The topological polar surface area (TPSA) is 145 Å². The maximum atomic E-state index is 13.6.